The number of ether oxygens (including phenoxy) is 2. The van der Waals surface area contributed by atoms with E-state index >= 15 is 0 Å². The molecule has 1 aromatic heterocycles. The van der Waals surface area contributed by atoms with Crippen molar-refractivity contribution in [1.29, 1.82) is 0 Å². The number of thioether (sulfide) groups is 1. The highest BCUT2D eigenvalue weighted by atomic mass is 32.2. The van der Waals surface area contributed by atoms with E-state index in [1.807, 2.05) is 29.7 Å². The van der Waals surface area contributed by atoms with Crippen molar-refractivity contribution in [1.82, 2.24) is 20.1 Å². The molecule has 0 bridgehead atoms. The molecule has 29 heavy (non-hydrogen) atoms. The van der Waals surface area contributed by atoms with Crippen molar-refractivity contribution in [3.05, 3.63) is 48.0 Å². The third-order valence-electron chi connectivity index (χ3n) is 4.42. The van der Waals surface area contributed by atoms with Gasteiger partial charge in [-0.2, -0.15) is 0 Å². The van der Waals surface area contributed by atoms with Crippen LogP contribution in [-0.4, -0.2) is 38.3 Å². The highest BCUT2D eigenvalue weighted by Crippen LogP contribution is 2.32. The van der Waals surface area contributed by atoms with Gasteiger partial charge in [0.05, 0.1) is 5.75 Å². The largest absolute Gasteiger partial charge is 0.508 e. The van der Waals surface area contributed by atoms with Crippen LogP contribution in [0.5, 0.6) is 17.2 Å². The van der Waals surface area contributed by atoms with Crippen LogP contribution in [0.3, 0.4) is 0 Å². The fourth-order valence-electron chi connectivity index (χ4n) is 2.94. The molecular formula is C20H20N4O4S. The highest BCUT2D eigenvalue weighted by molar-refractivity contribution is 7.99. The van der Waals surface area contributed by atoms with Crippen molar-refractivity contribution in [2.75, 3.05) is 12.5 Å². The van der Waals surface area contributed by atoms with Gasteiger partial charge in [0, 0.05) is 18.7 Å². The summed E-state index contributed by atoms with van der Waals surface area (Å²) in [6, 6.07) is 12.4. The van der Waals surface area contributed by atoms with Crippen LogP contribution in [-0.2, 0) is 17.9 Å². The number of fused-ring (bicyclic) bond motifs is 1. The van der Waals surface area contributed by atoms with Crippen LogP contribution in [0, 0.1) is 0 Å². The Bertz CT molecular complexity index is 1020. The lowest BCUT2D eigenvalue weighted by atomic mass is 10.2. The molecule has 1 amide bonds. The molecule has 0 saturated heterocycles. The van der Waals surface area contributed by atoms with E-state index in [4.69, 9.17) is 9.47 Å². The van der Waals surface area contributed by atoms with Gasteiger partial charge in [-0.15, -0.1) is 10.2 Å². The van der Waals surface area contributed by atoms with E-state index in [-0.39, 0.29) is 24.2 Å². The topological polar surface area (TPSA) is 98.5 Å². The summed E-state index contributed by atoms with van der Waals surface area (Å²) in [5.41, 5.74) is 1.80. The Morgan fingerprint density at radius 3 is 2.76 bits per heavy atom. The standard InChI is InChI=1S/C20H20N4O4S/c1-2-24-19(14-4-6-15(25)7-5-14)22-23-20(24)29-11-18(26)21-10-13-3-8-16-17(9-13)28-12-27-16/h3-9,25H,2,10-12H2,1H3,(H,21,26). The summed E-state index contributed by atoms with van der Waals surface area (Å²) < 4.78 is 12.6. The third-order valence-corrected chi connectivity index (χ3v) is 5.38. The summed E-state index contributed by atoms with van der Waals surface area (Å²) in [5.74, 6) is 2.46. The highest BCUT2D eigenvalue weighted by Gasteiger charge is 2.16. The Kier molecular flexibility index (Phi) is 5.57. The van der Waals surface area contributed by atoms with Crippen LogP contribution in [0.25, 0.3) is 11.4 Å². The van der Waals surface area contributed by atoms with Crippen molar-refractivity contribution in [2.45, 2.75) is 25.2 Å². The number of aromatic hydroxyl groups is 1. The minimum Gasteiger partial charge on any atom is -0.508 e. The van der Waals surface area contributed by atoms with Crippen LogP contribution < -0.4 is 14.8 Å². The molecule has 0 fully saturated rings. The van der Waals surface area contributed by atoms with Gasteiger partial charge in [-0.25, -0.2) is 0 Å². The van der Waals surface area contributed by atoms with E-state index in [9.17, 15) is 9.90 Å². The molecule has 8 nitrogen and oxygen atoms in total. The number of phenols is 1. The van der Waals surface area contributed by atoms with E-state index in [0.29, 0.717) is 29.8 Å². The van der Waals surface area contributed by atoms with Crippen LogP contribution >= 0.6 is 11.8 Å². The Labute approximate surface area is 171 Å². The Morgan fingerprint density at radius 2 is 1.97 bits per heavy atom. The van der Waals surface area contributed by atoms with Crippen LogP contribution in [0.4, 0.5) is 0 Å². The van der Waals surface area contributed by atoms with Crippen molar-refractivity contribution in [3.8, 4) is 28.6 Å². The number of nitrogens with one attached hydrogen (secondary N) is 1. The van der Waals surface area contributed by atoms with E-state index in [1.165, 1.54) is 11.8 Å². The van der Waals surface area contributed by atoms with Crippen LogP contribution in [0.15, 0.2) is 47.6 Å². The molecule has 0 unspecified atom stereocenters. The van der Waals surface area contributed by atoms with Crippen LogP contribution in [0.2, 0.25) is 0 Å². The zero-order valence-electron chi connectivity index (χ0n) is 15.8. The second kappa shape index (κ2) is 8.44. The lowest BCUT2D eigenvalue weighted by Crippen LogP contribution is -2.24. The van der Waals surface area contributed by atoms with Gasteiger partial charge in [0.15, 0.2) is 22.5 Å². The fourth-order valence-corrected chi connectivity index (χ4v) is 3.77. The predicted octanol–water partition coefficient (Wildman–Crippen LogP) is 2.81. The maximum absolute atomic E-state index is 12.3. The number of aromatic nitrogens is 3. The fraction of sp³-hybridized carbons (Fsp3) is 0.250. The number of hydrogen-bond acceptors (Lipinski definition) is 7. The number of hydrogen-bond donors (Lipinski definition) is 2. The maximum Gasteiger partial charge on any atom is 0.231 e. The average Bonchev–Trinajstić information content (AvgIpc) is 3.37. The summed E-state index contributed by atoms with van der Waals surface area (Å²) in [6.07, 6.45) is 0. The summed E-state index contributed by atoms with van der Waals surface area (Å²) in [6.45, 7) is 3.31. The molecule has 1 aliphatic heterocycles. The number of benzene rings is 2. The number of nitrogens with zero attached hydrogens (tertiary/aromatic N) is 3. The molecule has 0 spiro atoms. The Hall–Kier alpha value is -3.20. The number of amides is 1. The molecule has 1 aliphatic rings. The molecular weight excluding hydrogens is 392 g/mol. The van der Waals surface area contributed by atoms with E-state index in [2.05, 4.69) is 15.5 Å². The molecule has 150 valence electrons. The van der Waals surface area contributed by atoms with Crippen molar-refractivity contribution in [3.63, 3.8) is 0 Å². The monoisotopic (exact) mass is 412 g/mol. The molecule has 0 saturated carbocycles. The maximum atomic E-state index is 12.3. The Morgan fingerprint density at radius 1 is 1.17 bits per heavy atom. The van der Waals surface area contributed by atoms with Crippen molar-refractivity contribution >= 4 is 17.7 Å². The first-order chi connectivity index (χ1) is 14.1. The number of carbonyl (C=O) groups is 1. The normalized spacial score (nSPS) is 12.2. The summed E-state index contributed by atoms with van der Waals surface area (Å²) >= 11 is 1.34. The second-order valence-electron chi connectivity index (χ2n) is 6.35. The molecule has 2 aromatic carbocycles. The van der Waals surface area contributed by atoms with Gasteiger partial charge in [-0.05, 0) is 48.9 Å². The molecule has 0 atom stereocenters. The summed E-state index contributed by atoms with van der Waals surface area (Å²) in [7, 11) is 0. The third kappa shape index (κ3) is 4.29. The minimum absolute atomic E-state index is 0.0931. The number of carbonyl (C=O) groups excluding carboxylic acids is 1. The van der Waals surface area contributed by atoms with Gasteiger partial charge < -0.3 is 24.5 Å². The van der Waals surface area contributed by atoms with Gasteiger partial charge in [0.2, 0.25) is 12.7 Å². The molecule has 2 N–H and O–H groups in total. The Balaban J connectivity index is 1.35. The smallest absolute Gasteiger partial charge is 0.231 e. The average molecular weight is 412 g/mol. The second-order valence-corrected chi connectivity index (χ2v) is 7.29. The first kappa shape index (κ1) is 19.1. The van der Waals surface area contributed by atoms with Crippen LogP contribution in [0.1, 0.15) is 12.5 Å². The van der Waals surface area contributed by atoms with Gasteiger partial charge in [-0.1, -0.05) is 17.8 Å². The SMILES string of the molecule is CCn1c(SCC(=O)NCc2ccc3c(c2)OCO3)nnc1-c1ccc(O)cc1. The molecule has 3 aromatic rings. The lowest BCUT2D eigenvalue weighted by molar-refractivity contribution is -0.118. The predicted molar refractivity (Wildman–Crippen MR) is 108 cm³/mol. The lowest BCUT2D eigenvalue weighted by Gasteiger charge is -2.08. The molecule has 2 heterocycles. The quantitative estimate of drug-likeness (QED) is 0.576. The molecule has 9 heteroatoms. The minimum atomic E-state index is -0.0931. The number of phenolic OH excluding ortho intramolecular Hbond substituents is 1. The van der Waals surface area contributed by atoms with Gasteiger partial charge >= 0.3 is 0 Å². The van der Waals surface area contributed by atoms with E-state index < -0.39 is 0 Å². The van der Waals surface area contributed by atoms with Gasteiger partial charge in [0.1, 0.15) is 5.75 Å². The molecule has 0 aliphatic carbocycles. The first-order valence-electron chi connectivity index (χ1n) is 9.14. The van der Waals surface area contributed by atoms with E-state index in [0.717, 1.165) is 16.9 Å². The van der Waals surface area contributed by atoms with Crippen molar-refractivity contribution in [2.24, 2.45) is 0 Å². The first-order valence-corrected chi connectivity index (χ1v) is 10.1. The van der Waals surface area contributed by atoms with Gasteiger partial charge in [0.25, 0.3) is 0 Å². The summed E-state index contributed by atoms with van der Waals surface area (Å²) in [4.78, 5) is 12.3. The molecule has 0 radical (unpaired) electrons. The summed E-state index contributed by atoms with van der Waals surface area (Å²) in [5, 5.41) is 21.5. The zero-order chi connectivity index (χ0) is 20.2. The molecule has 4 rings (SSSR count). The van der Waals surface area contributed by atoms with Gasteiger partial charge in [-0.3, -0.25) is 4.79 Å². The van der Waals surface area contributed by atoms with Crippen molar-refractivity contribution < 1.29 is 19.4 Å². The zero-order valence-corrected chi connectivity index (χ0v) is 16.6. The number of rotatable bonds is 7. The van der Waals surface area contributed by atoms with E-state index in [1.54, 1.807) is 24.3 Å².